The smallest absolute Gasteiger partial charge is 0.437 e. The van der Waals surface area contributed by atoms with Crippen molar-refractivity contribution in [2.24, 2.45) is 0 Å². The maximum Gasteiger partial charge on any atom is 0.437 e. The fourth-order valence-electron chi connectivity index (χ4n) is 0.799. The third kappa shape index (κ3) is 1.73. The molecule has 0 aromatic carbocycles. The van der Waals surface area contributed by atoms with E-state index in [1.807, 2.05) is 0 Å². The highest BCUT2D eigenvalue weighted by Crippen LogP contribution is 2.38. The maximum absolute atomic E-state index is 12.0. The second kappa shape index (κ2) is 3.13. The Balaban J connectivity index is 3.35. The number of hydrogen-bond donors (Lipinski definition) is 1. The lowest BCUT2D eigenvalue weighted by atomic mass is 10.3. The maximum atomic E-state index is 12.0. The highest BCUT2D eigenvalue weighted by Gasteiger charge is 2.38. The van der Waals surface area contributed by atoms with Crippen LogP contribution in [0.3, 0.4) is 0 Å². The number of rotatable bonds is 1. The van der Waals surface area contributed by atoms with E-state index in [1.54, 1.807) is 0 Å². The highest BCUT2D eigenvalue weighted by atomic mass is 19.4. The van der Waals surface area contributed by atoms with Crippen LogP contribution in [-0.2, 0) is 6.18 Å². The summed E-state index contributed by atoms with van der Waals surface area (Å²) in [6.45, 7) is 0. The van der Waals surface area contributed by atoms with Gasteiger partial charge in [0.2, 0.25) is 5.75 Å². The number of pyridine rings is 1. The van der Waals surface area contributed by atoms with E-state index >= 15 is 0 Å². The molecule has 0 amide bonds. The number of aromatic hydroxyl groups is 1. The molecule has 5 nitrogen and oxygen atoms in total. The Morgan fingerprint density at radius 3 is 2.50 bits per heavy atom. The summed E-state index contributed by atoms with van der Waals surface area (Å²) in [4.78, 5) is 11.8. The molecule has 0 radical (unpaired) electrons. The van der Waals surface area contributed by atoms with E-state index < -0.39 is 28.2 Å². The summed E-state index contributed by atoms with van der Waals surface area (Å²) in [6, 6.07) is 0.685. The quantitative estimate of drug-likeness (QED) is 0.563. The number of nitro groups is 1. The van der Waals surface area contributed by atoms with E-state index in [9.17, 15) is 23.3 Å². The van der Waals surface area contributed by atoms with Gasteiger partial charge < -0.3 is 5.11 Å². The Morgan fingerprint density at radius 1 is 1.50 bits per heavy atom. The van der Waals surface area contributed by atoms with Crippen LogP contribution in [0.4, 0.5) is 18.9 Å². The summed E-state index contributed by atoms with van der Waals surface area (Å²) in [5.41, 5.74) is -2.68. The molecule has 1 heterocycles. The number of alkyl halides is 3. The van der Waals surface area contributed by atoms with Crippen molar-refractivity contribution in [3.05, 3.63) is 28.1 Å². The molecule has 0 bridgehead atoms. The van der Waals surface area contributed by atoms with Crippen molar-refractivity contribution < 1.29 is 23.2 Å². The molecule has 1 N–H and O–H groups in total. The van der Waals surface area contributed by atoms with Gasteiger partial charge in [0, 0.05) is 12.3 Å². The van der Waals surface area contributed by atoms with Crippen molar-refractivity contribution in [1.29, 1.82) is 0 Å². The van der Waals surface area contributed by atoms with Crippen LogP contribution in [0.25, 0.3) is 0 Å². The second-order valence-corrected chi connectivity index (χ2v) is 2.28. The first-order valence-corrected chi connectivity index (χ1v) is 3.23. The van der Waals surface area contributed by atoms with Crippen molar-refractivity contribution >= 4 is 5.69 Å². The molecule has 0 aliphatic rings. The Labute approximate surface area is 75.0 Å². The molecule has 0 atom stereocenters. The van der Waals surface area contributed by atoms with E-state index in [0.717, 1.165) is 0 Å². The van der Waals surface area contributed by atoms with Gasteiger partial charge in [0.1, 0.15) is 0 Å². The van der Waals surface area contributed by atoms with E-state index in [-0.39, 0.29) is 0 Å². The standard InChI is InChI=1S/C6H3F3N2O3/c7-6(8,9)5-4(12)3(11(13)14)1-2-10-5/h1-2,12H. The summed E-state index contributed by atoms with van der Waals surface area (Å²) in [7, 11) is 0. The zero-order chi connectivity index (χ0) is 10.9. The summed E-state index contributed by atoms with van der Waals surface area (Å²) < 4.78 is 36.1. The van der Waals surface area contributed by atoms with Crippen molar-refractivity contribution in [2.45, 2.75) is 6.18 Å². The predicted octanol–water partition coefficient (Wildman–Crippen LogP) is 1.71. The zero-order valence-corrected chi connectivity index (χ0v) is 6.45. The van der Waals surface area contributed by atoms with Gasteiger partial charge in [-0.15, -0.1) is 0 Å². The molecule has 14 heavy (non-hydrogen) atoms. The average Bonchev–Trinajstić information content (AvgIpc) is 2.01. The lowest BCUT2D eigenvalue weighted by molar-refractivity contribution is -0.386. The van der Waals surface area contributed by atoms with Gasteiger partial charge in [-0.25, -0.2) is 4.98 Å². The van der Waals surface area contributed by atoms with Crippen molar-refractivity contribution in [3.63, 3.8) is 0 Å². The molecule has 0 aliphatic heterocycles. The molecule has 0 fully saturated rings. The average molecular weight is 208 g/mol. The SMILES string of the molecule is O=[N+]([O-])c1ccnc(C(F)(F)F)c1O. The first-order valence-electron chi connectivity index (χ1n) is 3.23. The summed E-state index contributed by atoms with van der Waals surface area (Å²) >= 11 is 0. The molecular formula is C6H3F3N2O3. The number of hydrogen-bond acceptors (Lipinski definition) is 4. The molecule has 8 heteroatoms. The molecule has 0 saturated heterocycles. The molecule has 0 saturated carbocycles. The Kier molecular flexibility index (Phi) is 2.28. The van der Waals surface area contributed by atoms with Gasteiger partial charge in [-0.05, 0) is 0 Å². The van der Waals surface area contributed by atoms with Crippen LogP contribution in [0.1, 0.15) is 5.69 Å². The van der Waals surface area contributed by atoms with Crippen LogP contribution in [0.2, 0.25) is 0 Å². The fourth-order valence-corrected chi connectivity index (χ4v) is 0.799. The van der Waals surface area contributed by atoms with Gasteiger partial charge in [0.05, 0.1) is 4.92 Å². The third-order valence-corrected chi connectivity index (χ3v) is 1.37. The minimum atomic E-state index is -4.91. The molecule has 0 aliphatic carbocycles. The van der Waals surface area contributed by atoms with Crippen molar-refractivity contribution in [1.82, 2.24) is 4.98 Å². The summed E-state index contributed by atoms with van der Waals surface area (Å²) in [6.07, 6.45) is -4.29. The van der Waals surface area contributed by atoms with Crippen LogP contribution in [-0.4, -0.2) is 15.0 Å². The Hall–Kier alpha value is -1.86. The van der Waals surface area contributed by atoms with Crippen LogP contribution in [0.15, 0.2) is 12.3 Å². The van der Waals surface area contributed by atoms with Crippen LogP contribution >= 0.6 is 0 Å². The lowest BCUT2D eigenvalue weighted by Gasteiger charge is -2.06. The molecular weight excluding hydrogens is 205 g/mol. The normalized spacial score (nSPS) is 11.4. The topological polar surface area (TPSA) is 76.3 Å². The number of aromatic nitrogens is 1. The summed E-state index contributed by atoms with van der Waals surface area (Å²) in [5, 5.41) is 19.0. The zero-order valence-electron chi connectivity index (χ0n) is 6.45. The molecule has 1 aromatic heterocycles. The van der Waals surface area contributed by atoms with Gasteiger partial charge >= 0.3 is 11.9 Å². The molecule has 1 aromatic rings. The summed E-state index contributed by atoms with van der Waals surface area (Å²) in [5.74, 6) is -1.47. The first kappa shape index (κ1) is 10.2. The van der Waals surface area contributed by atoms with Gasteiger partial charge in [-0.3, -0.25) is 10.1 Å². The van der Waals surface area contributed by atoms with Crippen molar-refractivity contribution in [2.75, 3.05) is 0 Å². The second-order valence-electron chi connectivity index (χ2n) is 2.28. The Bertz CT molecular complexity index is 377. The first-order chi connectivity index (χ1) is 6.34. The van der Waals surface area contributed by atoms with Gasteiger partial charge in [0.15, 0.2) is 5.69 Å². The molecule has 1 rings (SSSR count). The molecule has 0 spiro atoms. The van der Waals surface area contributed by atoms with Crippen LogP contribution in [0, 0.1) is 10.1 Å². The molecule has 76 valence electrons. The van der Waals surface area contributed by atoms with E-state index in [1.165, 1.54) is 0 Å². The number of halogens is 3. The van der Waals surface area contributed by atoms with Gasteiger partial charge in [-0.2, -0.15) is 13.2 Å². The Morgan fingerprint density at radius 2 is 2.07 bits per heavy atom. The molecule has 0 unspecified atom stereocenters. The monoisotopic (exact) mass is 208 g/mol. The third-order valence-electron chi connectivity index (χ3n) is 1.37. The lowest BCUT2D eigenvalue weighted by Crippen LogP contribution is -2.08. The minimum absolute atomic E-state index is 0.612. The van der Waals surface area contributed by atoms with Gasteiger partial charge in [-0.1, -0.05) is 0 Å². The predicted molar refractivity (Wildman–Crippen MR) is 37.6 cm³/mol. The highest BCUT2D eigenvalue weighted by molar-refractivity contribution is 5.48. The van der Waals surface area contributed by atoms with Crippen molar-refractivity contribution in [3.8, 4) is 5.75 Å². The largest absolute Gasteiger partial charge is 0.501 e. The van der Waals surface area contributed by atoms with Crippen LogP contribution < -0.4 is 0 Å². The number of nitrogens with zero attached hydrogens (tertiary/aromatic N) is 2. The van der Waals surface area contributed by atoms with E-state index in [2.05, 4.69) is 4.98 Å². The van der Waals surface area contributed by atoms with E-state index in [0.29, 0.717) is 12.3 Å². The van der Waals surface area contributed by atoms with Crippen LogP contribution in [0.5, 0.6) is 5.75 Å². The van der Waals surface area contributed by atoms with Gasteiger partial charge in [0.25, 0.3) is 0 Å². The minimum Gasteiger partial charge on any atom is -0.501 e. The van der Waals surface area contributed by atoms with E-state index in [4.69, 9.17) is 5.11 Å². The fraction of sp³-hybridized carbons (Fsp3) is 0.167.